The van der Waals surface area contributed by atoms with Crippen LogP contribution in [0.5, 0.6) is 0 Å². The molecule has 2 amide bonds. The lowest BCUT2D eigenvalue weighted by Gasteiger charge is -2.20. The number of aromatic nitrogens is 2. The summed E-state index contributed by atoms with van der Waals surface area (Å²) >= 11 is 0. The Hall–Kier alpha value is -1.52. The lowest BCUT2D eigenvalue weighted by Crippen LogP contribution is -2.35. The van der Waals surface area contributed by atoms with Crippen LogP contribution in [0.25, 0.3) is 0 Å². The van der Waals surface area contributed by atoms with E-state index in [-0.39, 0.29) is 6.03 Å². The van der Waals surface area contributed by atoms with Crippen LogP contribution in [-0.4, -0.2) is 33.8 Å². The molecule has 100 valence electrons. The maximum atomic E-state index is 12.2. The monoisotopic (exact) mass is 250 g/mol. The van der Waals surface area contributed by atoms with E-state index >= 15 is 0 Å². The Morgan fingerprint density at radius 1 is 1.33 bits per heavy atom. The molecule has 1 aliphatic heterocycles. The first kappa shape index (κ1) is 12.9. The second-order valence-electron chi connectivity index (χ2n) is 4.85. The topological polar surface area (TPSA) is 50.2 Å². The number of aryl methyl sites for hydroxylation is 2. The molecular weight excluding hydrogens is 228 g/mol. The molecule has 1 saturated heterocycles. The number of likely N-dealkylation sites (tertiary alicyclic amines) is 1. The second-order valence-corrected chi connectivity index (χ2v) is 4.85. The zero-order valence-electron chi connectivity index (χ0n) is 11.3. The third-order valence-electron chi connectivity index (χ3n) is 3.38. The maximum Gasteiger partial charge on any atom is 0.321 e. The highest BCUT2D eigenvalue weighted by Crippen LogP contribution is 2.16. The number of anilines is 1. The van der Waals surface area contributed by atoms with Crippen molar-refractivity contribution in [2.45, 2.75) is 39.0 Å². The summed E-state index contributed by atoms with van der Waals surface area (Å²) in [5.41, 5.74) is 1.79. The van der Waals surface area contributed by atoms with Crippen LogP contribution in [0.2, 0.25) is 0 Å². The van der Waals surface area contributed by atoms with Crippen LogP contribution < -0.4 is 5.32 Å². The van der Waals surface area contributed by atoms with Crippen molar-refractivity contribution >= 4 is 11.7 Å². The first-order chi connectivity index (χ1) is 8.70. The molecule has 18 heavy (non-hydrogen) atoms. The van der Waals surface area contributed by atoms with Gasteiger partial charge in [0.05, 0.1) is 11.4 Å². The summed E-state index contributed by atoms with van der Waals surface area (Å²) in [5.74, 6) is 0. The number of amides is 2. The van der Waals surface area contributed by atoms with Crippen molar-refractivity contribution in [1.82, 2.24) is 14.7 Å². The Balaban J connectivity index is 2.01. The molecule has 1 fully saturated rings. The summed E-state index contributed by atoms with van der Waals surface area (Å²) < 4.78 is 1.75. The van der Waals surface area contributed by atoms with E-state index in [2.05, 4.69) is 10.4 Å². The highest BCUT2D eigenvalue weighted by atomic mass is 16.2. The van der Waals surface area contributed by atoms with Gasteiger partial charge in [-0.25, -0.2) is 4.79 Å². The molecule has 0 atom stereocenters. The highest BCUT2D eigenvalue weighted by Gasteiger charge is 2.17. The summed E-state index contributed by atoms with van der Waals surface area (Å²) in [7, 11) is 1.88. The van der Waals surface area contributed by atoms with Crippen molar-refractivity contribution in [1.29, 1.82) is 0 Å². The average Bonchev–Trinajstić information content (AvgIpc) is 2.58. The lowest BCUT2D eigenvalue weighted by molar-refractivity contribution is 0.213. The van der Waals surface area contributed by atoms with E-state index < -0.39 is 0 Å². The van der Waals surface area contributed by atoms with E-state index in [4.69, 9.17) is 0 Å². The zero-order chi connectivity index (χ0) is 13.0. The number of urea groups is 1. The molecule has 5 heteroatoms. The van der Waals surface area contributed by atoms with Gasteiger partial charge in [0.2, 0.25) is 0 Å². The molecule has 0 radical (unpaired) electrons. The molecule has 1 aromatic rings. The Bertz CT molecular complexity index is 405. The highest BCUT2D eigenvalue weighted by molar-refractivity contribution is 5.89. The molecule has 1 aliphatic rings. The van der Waals surface area contributed by atoms with Crippen LogP contribution in [0.3, 0.4) is 0 Å². The van der Waals surface area contributed by atoms with Gasteiger partial charge in [-0.05, 0) is 19.3 Å². The maximum absolute atomic E-state index is 12.2. The standard InChI is InChI=1S/C13H22N4O/c1-3-11-12(10-16(2)15-11)14-13(18)17-8-6-4-5-7-9-17/h10H,3-9H2,1-2H3,(H,14,18). The summed E-state index contributed by atoms with van der Waals surface area (Å²) in [5, 5.41) is 7.31. The summed E-state index contributed by atoms with van der Waals surface area (Å²) in [4.78, 5) is 14.1. The van der Waals surface area contributed by atoms with E-state index in [9.17, 15) is 4.79 Å². The Morgan fingerprint density at radius 3 is 2.61 bits per heavy atom. The molecule has 0 saturated carbocycles. The van der Waals surface area contributed by atoms with Crippen LogP contribution in [0, 0.1) is 0 Å². The SMILES string of the molecule is CCc1nn(C)cc1NC(=O)N1CCCCCC1. The van der Waals surface area contributed by atoms with Crippen molar-refractivity contribution in [2.75, 3.05) is 18.4 Å². The second kappa shape index (κ2) is 5.89. The fourth-order valence-electron chi connectivity index (χ4n) is 2.37. The van der Waals surface area contributed by atoms with E-state index in [0.717, 1.165) is 43.7 Å². The first-order valence-electron chi connectivity index (χ1n) is 6.79. The predicted molar refractivity (Wildman–Crippen MR) is 71.6 cm³/mol. The van der Waals surface area contributed by atoms with Gasteiger partial charge in [-0.2, -0.15) is 5.10 Å². The van der Waals surface area contributed by atoms with Gasteiger partial charge in [-0.3, -0.25) is 4.68 Å². The molecule has 1 aromatic heterocycles. The third-order valence-corrected chi connectivity index (χ3v) is 3.38. The van der Waals surface area contributed by atoms with Gasteiger partial charge in [0.15, 0.2) is 0 Å². The fraction of sp³-hybridized carbons (Fsp3) is 0.692. The van der Waals surface area contributed by atoms with Crippen LogP contribution in [0.1, 0.15) is 38.3 Å². The molecule has 0 spiro atoms. The smallest absolute Gasteiger partial charge is 0.321 e. The summed E-state index contributed by atoms with van der Waals surface area (Å²) in [6.45, 7) is 3.78. The van der Waals surface area contributed by atoms with Gasteiger partial charge < -0.3 is 10.2 Å². The van der Waals surface area contributed by atoms with Crippen LogP contribution in [-0.2, 0) is 13.5 Å². The third kappa shape index (κ3) is 3.03. The zero-order valence-corrected chi connectivity index (χ0v) is 11.3. The van der Waals surface area contributed by atoms with E-state index in [1.54, 1.807) is 4.68 Å². The first-order valence-corrected chi connectivity index (χ1v) is 6.79. The largest absolute Gasteiger partial charge is 0.325 e. The van der Waals surface area contributed by atoms with Crippen LogP contribution >= 0.6 is 0 Å². The lowest BCUT2D eigenvalue weighted by atomic mass is 10.2. The van der Waals surface area contributed by atoms with Gasteiger partial charge in [-0.15, -0.1) is 0 Å². The number of nitrogens with one attached hydrogen (secondary N) is 1. The number of carbonyl (C=O) groups excluding carboxylic acids is 1. The van der Waals surface area contributed by atoms with Crippen molar-refractivity contribution in [3.05, 3.63) is 11.9 Å². The summed E-state index contributed by atoms with van der Waals surface area (Å²) in [6.07, 6.45) is 7.39. The Morgan fingerprint density at radius 2 is 2.00 bits per heavy atom. The molecular formula is C13H22N4O. The normalized spacial score (nSPS) is 16.4. The molecule has 2 heterocycles. The number of rotatable bonds is 2. The Labute approximate surface area is 108 Å². The van der Waals surface area contributed by atoms with E-state index in [1.165, 1.54) is 12.8 Å². The molecule has 1 N–H and O–H groups in total. The molecule has 5 nitrogen and oxygen atoms in total. The molecule has 2 rings (SSSR count). The van der Waals surface area contributed by atoms with E-state index in [1.807, 2.05) is 25.1 Å². The number of carbonyl (C=O) groups is 1. The Kier molecular flexibility index (Phi) is 4.23. The quantitative estimate of drug-likeness (QED) is 0.876. The van der Waals surface area contributed by atoms with E-state index in [0.29, 0.717) is 0 Å². The van der Waals surface area contributed by atoms with Gasteiger partial charge in [0.25, 0.3) is 0 Å². The molecule has 0 bridgehead atoms. The average molecular weight is 250 g/mol. The van der Waals surface area contributed by atoms with Crippen molar-refractivity contribution in [3.8, 4) is 0 Å². The minimum atomic E-state index is 0.0135. The minimum Gasteiger partial charge on any atom is -0.325 e. The van der Waals surface area contributed by atoms with Gasteiger partial charge in [0, 0.05) is 26.3 Å². The minimum absolute atomic E-state index is 0.0135. The van der Waals surface area contributed by atoms with Crippen molar-refractivity contribution in [2.24, 2.45) is 7.05 Å². The van der Waals surface area contributed by atoms with Gasteiger partial charge >= 0.3 is 6.03 Å². The number of hydrogen-bond acceptors (Lipinski definition) is 2. The molecule has 0 unspecified atom stereocenters. The van der Waals surface area contributed by atoms with Gasteiger partial charge in [0.1, 0.15) is 0 Å². The molecule has 0 aliphatic carbocycles. The number of hydrogen-bond donors (Lipinski definition) is 1. The van der Waals surface area contributed by atoms with Crippen LogP contribution in [0.4, 0.5) is 10.5 Å². The number of nitrogens with zero attached hydrogens (tertiary/aromatic N) is 3. The van der Waals surface area contributed by atoms with Gasteiger partial charge in [-0.1, -0.05) is 19.8 Å². The van der Waals surface area contributed by atoms with Crippen molar-refractivity contribution < 1.29 is 4.79 Å². The molecule has 0 aromatic carbocycles. The van der Waals surface area contributed by atoms with Crippen LogP contribution in [0.15, 0.2) is 6.20 Å². The van der Waals surface area contributed by atoms with Crippen molar-refractivity contribution in [3.63, 3.8) is 0 Å². The fourth-order valence-corrected chi connectivity index (χ4v) is 2.37. The predicted octanol–water partition coefficient (Wildman–Crippen LogP) is 2.39. The summed E-state index contributed by atoms with van der Waals surface area (Å²) in [6, 6.07) is 0.0135.